The second-order valence-corrected chi connectivity index (χ2v) is 30.8. The molecule has 0 N–H and O–H groups in total. The van der Waals surface area contributed by atoms with Gasteiger partial charge in [0.15, 0.2) is 0 Å². The lowest BCUT2D eigenvalue weighted by Gasteiger charge is -2.42. The van der Waals surface area contributed by atoms with Crippen LogP contribution < -0.4 is 21.3 Å². The highest BCUT2D eigenvalue weighted by Gasteiger charge is 2.44. The first-order valence-corrected chi connectivity index (χ1v) is 33.4. The Morgan fingerprint density at radius 2 is 0.853 bits per heavy atom. The van der Waals surface area contributed by atoms with Crippen molar-refractivity contribution in [1.82, 2.24) is 13.7 Å². The predicted octanol–water partition coefficient (Wildman–Crippen LogP) is 21.9. The molecular formula is C89H77BN4O. The molecule has 0 bridgehead atoms. The van der Waals surface area contributed by atoms with Crippen LogP contribution in [0.3, 0.4) is 0 Å². The van der Waals surface area contributed by atoms with E-state index in [0.717, 1.165) is 133 Å². The summed E-state index contributed by atoms with van der Waals surface area (Å²) >= 11 is 0. The minimum atomic E-state index is -0.493. The molecule has 0 saturated heterocycles. The van der Waals surface area contributed by atoms with Gasteiger partial charge in [0.2, 0.25) is 0 Å². The van der Waals surface area contributed by atoms with E-state index in [2.05, 4.69) is 273 Å². The number of para-hydroxylation sites is 4. The van der Waals surface area contributed by atoms with Crippen LogP contribution in [0.25, 0.3) is 116 Å². The van der Waals surface area contributed by atoms with Crippen molar-refractivity contribution < 1.29 is 15.4 Å². The molecule has 462 valence electrons. The third-order valence-electron chi connectivity index (χ3n) is 20.8. The van der Waals surface area contributed by atoms with Crippen LogP contribution in [-0.4, -0.2) is 20.4 Å². The molecule has 0 radical (unpaired) electrons. The average Bonchev–Trinajstić information content (AvgIpc) is 1.68. The van der Waals surface area contributed by atoms with E-state index in [4.69, 9.17) is 7.16 Å². The van der Waals surface area contributed by atoms with Gasteiger partial charge in [-0.15, -0.1) is 0 Å². The smallest absolute Gasteiger partial charge is 0.252 e. The van der Waals surface area contributed by atoms with E-state index in [-0.39, 0.29) is 67.6 Å². The van der Waals surface area contributed by atoms with Gasteiger partial charge in [-0.3, -0.25) is 0 Å². The lowest BCUT2D eigenvalue weighted by atomic mass is 9.31. The van der Waals surface area contributed by atoms with Crippen LogP contribution in [0.5, 0.6) is 0 Å². The van der Waals surface area contributed by atoms with Gasteiger partial charge in [0, 0.05) is 66.0 Å². The SMILES string of the molecule is [2H]c1c([2H])c([2H])c2c(c1[2H])c1c([2H])c([2H])c([2H])c([2H])c1n2-c1cc2c3c(c1)N(c1ccccc1-c1ccccc1)c1cc(-n4c5ccc(C(C)(C)C)cc5c5cc(C(C)(C)C)ccc54)ccc1B3c1c(cc(-n3c4ccc(C(C)(C)C)cc4c4cc(C(C)(C)C)ccc43)c3c1oc1ccccc13)C2. The summed E-state index contributed by atoms with van der Waals surface area (Å²) in [6.07, 6.45) is 0.380. The van der Waals surface area contributed by atoms with E-state index in [0.29, 0.717) is 12.1 Å². The van der Waals surface area contributed by atoms with Crippen molar-refractivity contribution in [1.29, 1.82) is 0 Å². The van der Waals surface area contributed by atoms with E-state index in [9.17, 15) is 8.22 Å². The predicted molar refractivity (Wildman–Crippen MR) is 406 cm³/mol. The number of anilines is 3. The molecule has 95 heavy (non-hydrogen) atoms. The van der Waals surface area contributed by atoms with E-state index in [1.165, 1.54) is 22.3 Å². The van der Waals surface area contributed by atoms with Gasteiger partial charge in [-0.1, -0.05) is 216 Å². The van der Waals surface area contributed by atoms with Gasteiger partial charge in [-0.25, -0.2) is 0 Å². The van der Waals surface area contributed by atoms with Gasteiger partial charge in [-0.05, 0) is 186 Å². The molecule has 0 fully saturated rings. The number of fused-ring (bicyclic) bond motifs is 17. The molecule has 2 aliphatic rings. The molecular weight excluding hydrogens is 1150 g/mol. The maximum atomic E-state index is 9.87. The first kappa shape index (κ1) is 49.3. The maximum Gasteiger partial charge on any atom is 0.252 e. The first-order chi connectivity index (χ1) is 49.0. The average molecular weight is 1240 g/mol. The molecule has 0 spiro atoms. The highest BCUT2D eigenvalue weighted by molar-refractivity contribution is 7.00. The van der Waals surface area contributed by atoms with Crippen molar-refractivity contribution in [3.05, 3.63) is 270 Å². The van der Waals surface area contributed by atoms with E-state index in [1.807, 2.05) is 12.1 Å². The minimum Gasteiger partial charge on any atom is -0.457 e. The van der Waals surface area contributed by atoms with Gasteiger partial charge in [0.05, 0.1) is 60.8 Å². The van der Waals surface area contributed by atoms with E-state index >= 15 is 0 Å². The maximum absolute atomic E-state index is 9.87. The van der Waals surface area contributed by atoms with E-state index < -0.39 is 30.9 Å². The van der Waals surface area contributed by atoms with Gasteiger partial charge in [0.1, 0.15) is 11.2 Å². The number of hydrogen-bond donors (Lipinski definition) is 0. The molecule has 0 atom stereocenters. The van der Waals surface area contributed by atoms with Crippen molar-refractivity contribution in [2.24, 2.45) is 0 Å². The summed E-state index contributed by atoms with van der Waals surface area (Å²) in [6, 6.07) is 65.3. The lowest BCUT2D eigenvalue weighted by molar-refractivity contribution is 0.590. The number of hydrogen-bond acceptors (Lipinski definition) is 2. The van der Waals surface area contributed by atoms with Crippen LogP contribution >= 0.6 is 0 Å². The van der Waals surface area contributed by atoms with Gasteiger partial charge in [0.25, 0.3) is 6.71 Å². The Bertz CT molecular complexity index is 6220. The standard InChI is InChI=1S/C89H77BN4O/c1-86(2,3)56-34-40-74-66(47-56)67-48-57(87(4,5)6)35-41-75(67)91(74)60-38-39-70-78(51-60)94(71-30-20-16-26-62(71)53-24-14-13-15-25-53)80-52-61(92-72-31-21-17-27-63(72)64-28-18-22-32-73(64)92)45-54-44-55-46-79(82-65-29-19-23-33-81(65)95-85(82)84(55)90(70)83(54)80)93-76-42-36-58(88(7,8)9)49-68(76)69-50-59(89(10,11)12)37-43-77(69)93/h13-43,45-52H,44H2,1-12H3/i17D,18D,21D,22D,27D,28D,31D,32D. The summed E-state index contributed by atoms with van der Waals surface area (Å²) < 4.78 is 89.8. The van der Waals surface area contributed by atoms with Crippen LogP contribution in [0, 0.1) is 0 Å². The van der Waals surface area contributed by atoms with Crippen LogP contribution in [0.2, 0.25) is 0 Å². The fourth-order valence-electron chi connectivity index (χ4n) is 15.9. The second-order valence-electron chi connectivity index (χ2n) is 30.8. The second kappa shape index (κ2) is 20.1. The molecule has 0 unspecified atom stereocenters. The van der Waals surface area contributed by atoms with Crippen molar-refractivity contribution in [3.63, 3.8) is 0 Å². The Kier molecular flexibility index (Phi) is 10.4. The third kappa shape index (κ3) is 8.61. The third-order valence-corrected chi connectivity index (χ3v) is 20.8. The number of rotatable bonds is 5. The molecule has 0 aliphatic carbocycles. The molecule has 18 rings (SSSR count). The summed E-state index contributed by atoms with van der Waals surface area (Å²) in [5.41, 5.74) is 22.4. The van der Waals surface area contributed by atoms with Gasteiger partial charge >= 0.3 is 0 Å². The quantitative estimate of drug-likeness (QED) is 0.161. The van der Waals surface area contributed by atoms with Crippen LogP contribution in [-0.2, 0) is 28.1 Å². The van der Waals surface area contributed by atoms with Crippen molar-refractivity contribution >= 4 is 128 Å². The van der Waals surface area contributed by atoms with Crippen molar-refractivity contribution in [2.45, 2.75) is 111 Å². The number of benzene rings is 12. The molecule has 6 heteroatoms. The van der Waals surface area contributed by atoms with Crippen molar-refractivity contribution in [2.75, 3.05) is 4.90 Å². The fourth-order valence-corrected chi connectivity index (χ4v) is 15.9. The highest BCUT2D eigenvalue weighted by atomic mass is 16.3. The number of nitrogens with zero attached hydrogens (tertiary/aromatic N) is 4. The summed E-state index contributed by atoms with van der Waals surface area (Å²) in [6.45, 7) is 26.7. The van der Waals surface area contributed by atoms with Crippen LogP contribution in [0.15, 0.2) is 241 Å². The fraction of sp³-hybridized carbons (Fsp3) is 0.191. The van der Waals surface area contributed by atoms with Crippen LogP contribution in [0.4, 0.5) is 17.1 Å². The zero-order valence-corrected chi connectivity index (χ0v) is 55.9. The van der Waals surface area contributed by atoms with Crippen molar-refractivity contribution in [3.8, 4) is 28.2 Å². The monoisotopic (exact) mass is 1240 g/mol. The topological polar surface area (TPSA) is 31.2 Å². The van der Waals surface area contributed by atoms with Crippen LogP contribution in [0.1, 0.15) is 127 Å². The zero-order valence-electron chi connectivity index (χ0n) is 63.9. The molecule has 12 aromatic carbocycles. The normalized spacial score (nSPS) is 14.8. The Labute approximate surface area is 567 Å². The summed E-state index contributed by atoms with van der Waals surface area (Å²) in [5.74, 6) is 0. The minimum absolute atomic E-state index is 0.0200. The summed E-state index contributed by atoms with van der Waals surface area (Å²) in [7, 11) is 0. The number of furan rings is 1. The summed E-state index contributed by atoms with van der Waals surface area (Å²) in [5, 5.41) is 6.67. The Hall–Kier alpha value is -10.3. The van der Waals surface area contributed by atoms with Gasteiger partial charge in [-0.2, -0.15) is 0 Å². The number of aromatic nitrogens is 3. The Morgan fingerprint density at radius 3 is 1.42 bits per heavy atom. The van der Waals surface area contributed by atoms with E-state index in [1.54, 1.807) is 4.57 Å². The van der Waals surface area contributed by atoms with Gasteiger partial charge < -0.3 is 23.0 Å². The largest absolute Gasteiger partial charge is 0.457 e. The molecule has 0 saturated carbocycles. The highest BCUT2D eigenvalue weighted by Crippen LogP contribution is 2.49. The zero-order chi connectivity index (χ0) is 71.9. The molecule has 4 aromatic heterocycles. The lowest BCUT2D eigenvalue weighted by Crippen LogP contribution is -2.61. The molecule has 0 amide bonds. The first-order valence-electron chi connectivity index (χ1n) is 37.4. The molecule has 6 heterocycles. The summed E-state index contributed by atoms with van der Waals surface area (Å²) in [4.78, 5) is 2.38. The Morgan fingerprint density at radius 1 is 0.368 bits per heavy atom. The Balaban J connectivity index is 1.01. The molecule has 5 nitrogen and oxygen atoms in total. The molecule has 2 aliphatic heterocycles. The molecule has 16 aromatic rings.